The Kier molecular flexibility index (Phi) is 7.10. The lowest BCUT2D eigenvalue weighted by Gasteiger charge is -2.18. The second-order valence-electron chi connectivity index (χ2n) is 6.71. The number of hydrogen-bond donors (Lipinski definition) is 2. The van der Waals surface area contributed by atoms with Crippen LogP contribution in [0.2, 0.25) is 0 Å². The van der Waals surface area contributed by atoms with E-state index >= 15 is 0 Å². The van der Waals surface area contributed by atoms with Crippen molar-refractivity contribution in [3.63, 3.8) is 0 Å². The van der Waals surface area contributed by atoms with Crippen molar-refractivity contribution in [1.29, 1.82) is 0 Å². The van der Waals surface area contributed by atoms with Crippen LogP contribution in [-0.4, -0.2) is 16.8 Å². The fraction of sp³-hybridized carbons (Fsp3) is 0.174. The van der Waals surface area contributed by atoms with Crippen LogP contribution in [0, 0.1) is 5.82 Å². The van der Waals surface area contributed by atoms with Crippen LogP contribution in [0.25, 0.3) is 0 Å². The van der Waals surface area contributed by atoms with Gasteiger partial charge < -0.3 is 15.4 Å². The van der Waals surface area contributed by atoms with Crippen molar-refractivity contribution in [2.75, 3.05) is 0 Å². The molecular formula is C23H22FN3O3. The lowest BCUT2D eigenvalue weighted by atomic mass is 10.0. The second kappa shape index (κ2) is 10.2. The Labute approximate surface area is 174 Å². The summed E-state index contributed by atoms with van der Waals surface area (Å²) < 4.78 is 18.7. The second-order valence-corrected chi connectivity index (χ2v) is 6.71. The number of carbonyl (C=O) groups is 2. The van der Waals surface area contributed by atoms with Gasteiger partial charge in [-0.1, -0.05) is 42.5 Å². The average Bonchev–Trinajstić information content (AvgIpc) is 2.73. The van der Waals surface area contributed by atoms with E-state index in [2.05, 4.69) is 15.6 Å². The number of pyridine rings is 1. The van der Waals surface area contributed by atoms with E-state index in [4.69, 9.17) is 4.74 Å². The van der Waals surface area contributed by atoms with Gasteiger partial charge in [-0.3, -0.25) is 9.59 Å². The van der Waals surface area contributed by atoms with Crippen molar-refractivity contribution >= 4 is 11.8 Å². The van der Waals surface area contributed by atoms with Gasteiger partial charge in [0, 0.05) is 31.8 Å². The number of amides is 2. The highest BCUT2D eigenvalue weighted by Gasteiger charge is 2.16. The van der Waals surface area contributed by atoms with Gasteiger partial charge in [0.15, 0.2) is 0 Å². The zero-order valence-electron chi connectivity index (χ0n) is 16.5. The molecule has 30 heavy (non-hydrogen) atoms. The highest BCUT2D eigenvalue weighted by molar-refractivity contribution is 5.79. The molecule has 2 amide bonds. The third-order valence-corrected chi connectivity index (χ3v) is 4.27. The fourth-order valence-corrected chi connectivity index (χ4v) is 2.87. The molecule has 3 rings (SSSR count). The number of hydrogen-bond acceptors (Lipinski definition) is 4. The van der Waals surface area contributed by atoms with E-state index in [1.807, 2.05) is 30.3 Å². The molecule has 7 heteroatoms. The van der Waals surface area contributed by atoms with Crippen LogP contribution >= 0.6 is 0 Å². The van der Waals surface area contributed by atoms with Gasteiger partial charge in [-0.05, 0) is 23.3 Å². The molecule has 6 nitrogen and oxygen atoms in total. The zero-order valence-corrected chi connectivity index (χ0v) is 16.5. The van der Waals surface area contributed by atoms with Gasteiger partial charge in [0.1, 0.15) is 11.6 Å². The summed E-state index contributed by atoms with van der Waals surface area (Å²) in [5.41, 5.74) is 1.65. The summed E-state index contributed by atoms with van der Waals surface area (Å²) in [5, 5.41) is 5.63. The first-order chi connectivity index (χ1) is 14.5. The van der Waals surface area contributed by atoms with Crippen molar-refractivity contribution in [3.8, 4) is 11.6 Å². The molecule has 1 heterocycles. The maximum atomic E-state index is 13.2. The van der Waals surface area contributed by atoms with Crippen LogP contribution in [0.3, 0.4) is 0 Å². The van der Waals surface area contributed by atoms with E-state index in [0.29, 0.717) is 11.6 Å². The van der Waals surface area contributed by atoms with Gasteiger partial charge in [-0.2, -0.15) is 0 Å². The first kappa shape index (κ1) is 21.0. The van der Waals surface area contributed by atoms with Crippen molar-refractivity contribution in [2.24, 2.45) is 0 Å². The average molecular weight is 407 g/mol. The topological polar surface area (TPSA) is 80.3 Å². The molecule has 0 aliphatic heterocycles. The Morgan fingerprint density at radius 2 is 1.87 bits per heavy atom. The van der Waals surface area contributed by atoms with Crippen molar-refractivity contribution in [1.82, 2.24) is 15.6 Å². The van der Waals surface area contributed by atoms with Gasteiger partial charge in [-0.25, -0.2) is 9.37 Å². The minimum Gasteiger partial charge on any atom is -0.439 e. The van der Waals surface area contributed by atoms with Crippen LogP contribution in [0.1, 0.15) is 30.5 Å². The van der Waals surface area contributed by atoms with Crippen LogP contribution in [0.15, 0.2) is 72.9 Å². The Morgan fingerprint density at radius 1 is 1.07 bits per heavy atom. The van der Waals surface area contributed by atoms with Crippen LogP contribution in [-0.2, 0) is 16.1 Å². The largest absolute Gasteiger partial charge is 0.439 e. The molecule has 0 radical (unpaired) electrons. The lowest BCUT2D eigenvalue weighted by Crippen LogP contribution is -2.32. The molecule has 1 unspecified atom stereocenters. The Morgan fingerprint density at radius 3 is 2.53 bits per heavy atom. The summed E-state index contributed by atoms with van der Waals surface area (Å²) >= 11 is 0. The molecular weight excluding hydrogens is 385 g/mol. The van der Waals surface area contributed by atoms with E-state index in [-0.39, 0.29) is 30.6 Å². The number of aromatic nitrogens is 1. The molecule has 2 aromatic carbocycles. The van der Waals surface area contributed by atoms with Crippen LogP contribution in [0.4, 0.5) is 4.39 Å². The molecule has 3 aromatic rings. The van der Waals surface area contributed by atoms with Gasteiger partial charge in [0.05, 0.1) is 12.5 Å². The van der Waals surface area contributed by atoms with Gasteiger partial charge in [0.25, 0.3) is 0 Å². The normalized spacial score (nSPS) is 11.4. The molecule has 0 bridgehead atoms. The highest BCUT2D eigenvalue weighted by atomic mass is 19.1. The molecule has 0 spiro atoms. The van der Waals surface area contributed by atoms with E-state index in [9.17, 15) is 14.0 Å². The summed E-state index contributed by atoms with van der Waals surface area (Å²) in [5.74, 6) is -0.105. The number of nitrogens with one attached hydrogen (secondary N) is 2. The van der Waals surface area contributed by atoms with E-state index in [1.54, 1.807) is 30.5 Å². The molecule has 0 saturated carbocycles. The summed E-state index contributed by atoms with van der Waals surface area (Å²) in [4.78, 5) is 28.0. The van der Waals surface area contributed by atoms with E-state index in [1.165, 1.54) is 19.1 Å². The van der Waals surface area contributed by atoms with Crippen molar-refractivity contribution < 1.29 is 18.7 Å². The number of carbonyl (C=O) groups excluding carboxylic acids is 2. The zero-order chi connectivity index (χ0) is 21.3. The summed E-state index contributed by atoms with van der Waals surface area (Å²) in [6.45, 7) is 1.71. The van der Waals surface area contributed by atoms with Crippen molar-refractivity contribution in [2.45, 2.75) is 25.9 Å². The Balaban J connectivity index is 1.54. The van der Waals surface area contributed by atoms with Gasteiger partial charge in [-0.15, -0.1) is 0 Å². The van der Waals surface area contributed by atoms with Gasteiger partial charge in [0.2, 0.25) is 17.7 Å². The van der Waals surface area contributed by atoms with Crippen molar-refractivity contribution in [3.05, 3.63) is 89.9 Å². The molecule has 1 aromatic heterocycles. The Hall–Kier alpha value is -3.74. The maximum Gasteiger partial charge on any atom is 0.222 e. The predicted octanol–water partition coefficient (Wildman–Crippen LogP) is 3.90. The van der Waals surface area contributed by atoms with Crippen LogP contribution < -0.4 is 15.4 Å². The minimum absolute atomic E-state index is 0.123. The summed E-state index contributed by atoms with van der Waals surface area (Å²) in [6.07, 6.45) is 1.70. The molecule has 0 saturated heterocycles. The van der Waals surface area contributed by atoms with E-state index in [0.717, 1.165) is 11.1 Å². The molecule has 154 valence electrons. The van der Waals surface area contributed by atoms with Crippen LogP contribution in [0.5, 0.6) is 11.6 Å². The smallest absolute Gasteiger partial charge is 0.222 e. The lowest BCUT2D eigenvalue weighted by molar-refractivity contribution is -0.122. The molecule has 2 N–H and O–H groups in total. The molecule has 0 fully saturated rings. The minimum atomic E-state index is -0.399. The standard InChI is InChI=1S/C23H22FN3O3/c1-16(28)27-21(18-6-3-2-4-7-18)13-22(29)25-14-17-10-11-23(26-15-17)30-20-9-5-8-19(24)12-20/h2-12,15,21H,13-14H2,1H3,(H,25,29)(H,27,28). The monoisotopic (exact) mass is 407 g/mol. The van der Waals surface area contributed by atoms with Gasteiger partial charge >= 0.3 is 0 Å². The number of nitrogens with zero attached hydrogens (tertiary/aromatic N) is 1. The third-order valence-electron chi connectivity index (χ3n) is 4.27. The highest BCUT2D eigenvalue weighted by Crippen LogP contribution is 2.20. The molecule has 0 aliphatic carbocycles. The first-order valence-electron chi connectivity index (χ1n) is 9.46. The predicted molar refractivity (Wildman–Crippen MR) is 110 cm³/mol. The number of rotatable bonds is 8. The number of halogens is 1. The Bertz CT molecular complexity index is 994. The summed E-state index contributed by atoms with van der Waals surface area (Å²) in [7, 11) is 0. The molecule has 1 atom stereocenters. The first-order valence-corrected chi connectivity index (χ1v) is 9.46. The fourth-order valence-electron chi connectivity index (χ4n) is 2.87. The SMILES string of the molecule is CC(=O)NC(CC(=O)NCc1ccc(Oc2cccc(F)c2)nc1)c1ccccc1. The third kappa shape index (κ3) is 6.41. The summed E-state index contributed by atoms with van der Waals surface area (Å²) in [6, 6.07) is 18.2. The number of ether oxygens (including phenoxy) is 1. The maximum absolute atomic E-state index is 13.2. The van der Waals surface area contributed by atoms with E-state index < -0.39 is 6.04 Å². The quantitative estimate of drug-likeness (QED) is 0.594. The molecule has 0 aliphatic rings. The number of benzene rings is 2.